The van der Waals surface area contributed by atoms with E-state index in [9.17, 15) is 14.7 Å². The number of hydrogen-bond acceptors (Lipinski definition) is 4. The van der Waals surface area contributed by atoms with Gasteiger partial charge in [0.25, 0.3) is 0 Å². The number of aliphatic hydroxyl groups is 1. The van der Waals surface area contributed by atoms with Gasteiger partial charge in [0.2, 0.25) is 0 Å². The molecule has 2 saturated carbocycles. The molecule has 0 heterocycles. The second kappa shape index (κ2) is 6.47. The van der Waals surface area contributed by atoms with Gasteiger partial charge in [0, 0.05) is 18.8 Å². The molecular weight excluding hydrogens is 328 g/mol. The number of ketones is 1. The van der Waals surface area contributed by atoms with Crippen molar-refractivity contribution in [2.24, 2.45) is 28.6 Å². The Bertz CT molecular complexity index is 636. The van der Waals surface area contributed by atoms with Gasteiger partial charge in [-0.05, 0) is 60.5 Å². The van der Waals surface area contributed by atoms with Gasteiger partial charge >= 0.3 is 5.97 Å². The van der Waals surface area contributed by atoms with E-state index < -0.39 is 5.60 Å². The lowest BCUT2D eigenvalue weighted by Gasteiger charge is -2.59. The number of allylic oxidation sites excluding steroid dienone is 1. The van der Waals surface area contributed by atoms with Gasteiger partial charge in [0.15, 0.2) is 5.78 Å². The second-order valence-electron chi connectivity index (χ2n) is 9.81. The van der Waals surface area contributed by atoms with Crippen molar-refractivity contribution in [3.8, 4) is 0 Å². The predicted molar refractivity (Wildman–Crippen MR) is 100 cm³/mol. The van der Waals surface area contributed by atoms with Crippen molar-refractivity contribution in [1.29, 1.82) is 0 Å². The van der Waals surface area contributed by atoms with Crippen molar-refractivity contribution in [1.82, 2.24) is 0 Å². The van der Waals surface area contributed by atoms with Crippen LogP contribution in [0.25, 0.3) is 0 Å². The Morgan fingerprint density at radius 2 is 2.00 bits per heavy atom. The summed E-state index contributed by atoms with van der Waals surface area (Å²) in [6.07, 6.45) is 7.17. The molecule has 5 atom stereocenters. The lowest BCUT2D eigenvalue weighted by molar-refractivity contribution is -0.155. The largest absolute Gasteiger partial charge is 0.465 e. The van der Waals surface area contributed by atoms with E-state index in [4.69, 9.17) is 4.74 Å². The molecule has 0 spiro atoms. The molecule has 0 aromatic heterocycles. The fourth-order valence-corrected chi connectivity index (χ4v) is 6.05. The number of rotatable bonds is 3. The molecule has 4 nitrogen and oxygen atoms in total. The highest BCUT2D eigenvalue weighted by Gasteiger charge is 2.58. The Hall–Kier alpha value is -1.16. The molecule has 0 radical (unpaired) electrons. The fourth-order valence-electron chi connectivity index (χ4n) is 6.05. The molecule has 0 amide bonds. The van der Waals surface area contributed by atoms with Crippen LogP contribution in [-0.4, -0.2) is 29.1 Å². The normalized spacial score (nSPS) is 42.7. The number of esters is 1. The van der Waals surface area contributed by atoms with Gasteiger partial charge in [0.1, 0.15) is 0 Å². The molecule has 2 fully saturated rings. The van der Waals surface area contributed by atoms with Gasteiger partial charge < -0.3 is 9.84 Å². The highest BCUT2D eigenvalue weighted by atomic mass is 16.5. The van der Waals surface area contributed by atoms with Crippen molar-refractivity contribution in [3.05, 3.63) is 11.6 Å². The first-order valence-corrected chi connectivity index (χ1v) is 10.1. The molecule has 0 aliphatic heterocycles. The molecule has 146 valence electrons. The van der Waals surface area contributed by atoms with Crippen LogP contribution in [0.2, 0.25) is 0 Å². The molecule has 3 rings (SSSR count). The summed E-state index contributed by atoms with van der Waals surface area (Å²) >= 11 is 0. The summed E-state index contributed by atoms with van der Waals surface area (Å²) in [7, 11) is 0. The molecule has 1 unspecified atom stereocenters. The van der Waals surface area contributed by atoms with Gasteiger partial charge in [-0.2, -0.15) is 0 Å². The SMILES string of the molecule is CC(=O)OC[C@]1(C)CCC[C@@]2(C)C1CC(=O)C1=C[C@@](O)(C(C)C)CC[C@@H]12. The standard InChI is InChI=1S/C22H34O4/c1-14(2)22(25)10-7-17-16(12-22)18(24)11-19-20(4,13-26-15(3)23)8-6-9-21(17,19)5/h12,14,17,19,25H,6-11,13H2,1-5H3/t17-,19?,20-,21+,22+/m0/s1. The zero-order valence-corrected chi connectivity index (χ0v) is 16.9. The lowest BCUT2D eigenvalue weighted by Crippen LogP contribution is -2.56. The average Bonchev–Trinajstić information content (AvgIpc) is 2.55. The van der Waals surface area contributed by atoms with Gasteiger partial charge in [-0.25, -0.2) is 0 Å². The van der Waals surface area contributed by atoms with E-state index in [1.54, 1.807) is 0 Å². The van der Waals surface area contributed by atoms with Gasteiger partial charge in [-0.3, -0.25) is 9.59 Å². The number of carbonyl (C=O) groups excluding carboxylic acids is 2. The molecule has 4 heteroatoms. The van der Waals surface area contributed by atoms with Crippen LogP contribution in [0.1, 0.15) is 73.1 Å². The molecule has 3 aliphatic rings. The second-order valence-corrected chi connectivity index (χ2v) is 9.81. The first kappa shape index (κ1) is 19.6. The van der Waals surface area contributed by atoms with Gasteiger partial charge in [0.05, 0.1) is 12.2 Å². The van der Waals surface area contributed by atoms with Crippen LogP contribution in [0.5, 0.6) is 0 Å². The quantitative estimate of drug-likeness (QED) is 0.769. The van der Waals surface area contributed by atoms with E-state index in [0.29, 0.717) is 13.0 Å². The smallest absolute Gasteiger partial charge is 0.302 e. The summed E-state index contributed by atoms with van der Waals surface area (Å²) in [5, 5.41) is 10.9. The maximum Gasteiger partial charge on any atom is 0.302 e. The molecule has 0 bridgehead atoms. The number of ether oxygens (including phenoxy) is 1. The number of Topliss-reactive ketones (excluding diaryl/α,β-unsaturated/α-hetero) is 1. The Morgan fingerprint density at radius 1 is 1.31 bits per heavy atom. The maximum atomic E-state index is 13.1. The summed E-state index contributed by atoms with van der Waals surface area (Å²) in [5.41, 5.74) is -0.111. The molecule has 0 aromatic rings. The first-order valence-electron chi connectivity index (χ1n) is 10.1. The minimum absolute atomic E-state index is 0.0329. The molecule has 1 N–H and O–H groups in total. The molecular formula is C22H34O4. The van der Waals surface area contributed by atoms with Gasteiger partial charge in [-0.1, -0.05) is 34.1 Å². The van der Waals surface area contributed by atoms with Crippen molar-refractivity contribution in [2.45, 2.75) is 78.7 Å². The van der Waals surface area contributed by atoms with Crippen LogP contribution in [0.4, 0.5) is 0 Å². The van der Waals surface area contributed by atoms with Crippen molar-refractivity contribution in [3.63, 3.8) is 0 Å². The van der Waals surface area contributed by atoms with Crippen LogP contribution in [0, 0.1) is 28.6 Å². The number of fused-ring (bicyclic) bond motifs is 3. The van der Waals surface area contributed by atoms with E-state index in [1.807, 2.05) is 19.9 Å². The van der Waals surface area contributed by atoms with E-state index in [-0.39, 0.29) is 40.3 Å². The first-order chi connectivity index (χ1) is 12.0. The van der Waals surface area contributed by atoms with Crippen LogP contribution in [0.3, 0.4) is 0 Å². The summed E-state index contributed by atoms with van der Waals surface area (Å²) in [5.74, 6) is 0.482. The number of carbonyl (C=O) groups is 2. The minimum Gasteiger partial charge on any atom is -0.465 e. The average molecular weight is 363 g/mol. The van der Waals surface area contributed by atoms with Crippen LogP contribution in [0.15, 0.2) is 11.6 Å². The maximum absolute atomic E-state index is 13.1. The van der Waals surface area contributed by atoms with Crippen molar-refractivity contribution in [2.75, 3.05) is 6.61 Å². The van der Waals surface area contributed by atoms with Crippen LogP contribution < -0.4 is 0 Å². The molecule has 0 saturated heterocycles. The van der Waals surface area contributed by atoms with Crippen molar-refractivity contribution < 1.29 is 19.4 Å². The predicted octanol–water partition coefficient (Wildman–Crippen LogP) is 4.06. The van der Waals surface area contributed by atoms with E-state index in [2.05, 4.69) is 13.8 Å². The van der Waals surface area contributed by atoms with E-state index in [1.165, 1.54) is 6.92 Å². The molecule has 3 aliphatic carbocycles. The van der Waals surface area contributed by atoms with Crippen LogP contribution >= 0.6 is 0 Å². The Labute approximate surface area is 157 Å². The van der Waals surface area contributed by atoms with Crippen molar-refractivity contribution >= 4 is 11.8 Å². The summed E-state index contributed by atoms with van der Waals surface area (Å²) in [6, 6.07) is 0. The topological polar surface area (TPSA) is 63.6 Å². The highest BCUT2D eigenvalue weighted by molar-refractivity contribution is 5.97. The van der Waals surface area contributed by atoms with Gasteiger partial charge in [-0.15, -0.1) is 0 Å². The zero-order valence-electron chi connectivity index (χ0n) is 16.9. The summed E-state index contributed by atoms with van der Waals surface area (Å²) in [6.45, 7) is 10.4. The lowest BCUT2D eigenvalue weighted by atomic mass is 9.45. The Morgan fingerprint density at radius 3 is 2.62 bits per heavy atom. The monoisotopic (exact) mass is 362 g/mol. The van der Waals surface area contributed by atoms with E-state index in [0.717, 1.165) is 37.7 Å². The Kier molecular flexibility index (Phi) is 4.88. The molecule has 0 aromatic carbocycles. The number of hydrogen-bond donors (Lipinski definition) is 1. The third kappa shape index (κ3) is 3.04. The summed E-state index contributed by atoms with van der Waals surface area (Å²) in [4.78, 5) is 24.4. The molecule has 26 heavy (non-hydrogen) atoms. The summed E-state index contributed by atoms with van der Waals surface area (Å²) < 4.78 is 5.41. The third-order valence-corrected chi connectivity index (χ3v) is 7.83. The van der Waals surface area contributed by atoms with E-state index >= 15 is 0 Å². The fraction of sp³-hybridized carbons (Fsp3) is 0.818. The zero-order chi connectivity index (χ0) is 19.3. The minimum atomic E-state index is -0.861. The van der Waals surface area contributed by atoms with Crippen LogP contribution in [-0.2, 0) is 14.3 Å². The Balaban J connectivity index is 1.96. The third-order valence-electron chi connectivity index (χ3n) is 7.83. The highest BCUT2D eigenvalue weighted by Crippen LogP contribution is 2.62.